The third-order valence-electron chi connectivity index (χ3n) is 3.39. The fourth-order valence-corrected chi connectivity index (χ4v) is 2.28. The van der Waals surface area contributed by atoms with Gasteiger partial charge in [-0.25, -0.2) is 0 Å². The van der Waals surface area contributed by atoms with Crippen molar-refractivity contribution in [3.8, 4) is 0 Å². The number of fused-ring (bicyclic) bond motifs is 1. The van der Waals surface area contributed by atoms with E-state index in [2.05, 4.69) is 15.6 Å². The van der Waals surface area contributed by atoms with Gasteiger partial charge in [0.05, 0.1) is 11.0 Å². The summed E-state index contributed by atoms with van der Waals surface area (Å²) in [7, 11) is 0. The Morgan fingerprint density at radius 3 is 2.61 bits per heavy atom. The quantitative estimate of drug-likeness (QED) is 0.526. The Morgan fingerprint density at radius 1 is 1.22 bits per heavy atom. The van der Waals surface area contributed by atoms with Crippen LogP contribution in [-0.2, 0) is 6.54 Å². The second-order valence-electron chi connectivity index (χ2n) is 4.84. The zero-order valence-electron chi connectivity index (χ0n) is 13.1. The van der Waals surface area contributed by atoms with Crippen molar-refractivity contribution < 1.29 is 4.79 Å². The molecule has 0 saturated heterocycles. The minimum atomic E-state index is -0.681. The van der Waals surface area contributed by atoms with E-state index in [1.54, 1.807) is 25.1 Å². The third-order valence-corrected chi connectivity index (χ3v) is 3.39. The molecule has 0 aliphatic carbocycles. The maximum atomic E-state index is 12.1. The molecule has 1 heterocycles. The fourth-order valence-electron chi connectivity index (χ4n) is 2.28. The molecule has 7 nitrogen and oxygen atoms in total. The van der Waals surface area contributed by atoms with E-state index in [1.807, 2.05) is 6.92 Å². The van der Waals surface area contributed by atoms with Crippen LogP contribution >= 0.6 is 12.4 Å². The molecule has 0 aliphatic rings. The van der Waals surface area contributed by atoms with E-state index in [0.717, 1.165) is 6.54 Å². The number of carbonyl (C=O) groups excluding carboxylic acids is 1. The van der Waals surface area contributed by atoms with Crippen molar-refractivity contribution in [1.82, 2.24) is 20.2 Å². The maximum absolute atomic E-state index is 12.1. The van der Waals surface area contributed by atoms with Crippen LogP contribution in [0.25, 0.3) is 11.0 Å². The van der Waals surface area contributed by atoms with Gasteiger partial charge in [-0.15, -0.1) is 12.4 Å². The molecule has 8 heteroatoms. The number of likely N-dealkylation sites (N-methyl/N-ethyl adjacent to an activating group) is 1. The molecule has 126 valence electrons. The smallest absolute Gasteiger partial charge is 0.316 e. The van der Waals surface area contributed by atoms with Gasteiger partial charge in [-0.2, -0.15) is 0 Å². The molecule has 1 aromatic heterocycles. The number of halogens is 1. The highest BCUT2D eigenvalue weighted by Gasteiger charge is 2.10. The highest BCUT2D eigenvalue weighted by atomic mass is 35.5. The number of aromatic nitrogens is 2. The maximum Gasteiger partial charge on any atom is 0.316 e. The van der Waals surface area contributed by atoms with Gasteiger partial charge in [-0.1, -0.05) is 6.92 Å². The average molecular weight is 341 g/mol. The molecular formula is C15H21ClN4O3. The summed E-state index contributed by atoms with van der Waals surface area (Å²) < 4.78 is 1.39. The number of hydrogen-bond donors (Lipinski definition) is 3. The molecule has 0 bridgehead atoms. The number of benzene rings is 1. The summed E-state index contributed by atoms with van der Waals surface area (Å²) in [6.07, 6.45) is 0. The van der Waals surface area contributed by atoms with Crippen LogP contribution in [0.4, 0.5) is 0 Å². The molecule has 2 rings (SSSR count). The van der Waals surface area contributed by atoms with Gasteiger partial charge in [0.25, 0.3) is 5.91 Å². The van der Waals surface area contributed by atoms with E-state index >= 15 is 0 Å². The van der Waals surface area contributed by atoms with E-state index in [0.29, 0.717) is 36.2 Å². The lowest BCUT2D eigenvalue weighted by atomic mass is 10.1. The van der Waals surface area contributed by atoms with Gasteiger partial charge in [-0.05, 0) is 31.7 Å². The monoisotopic (exact) mass is 340 g/mol. The van der Waals surface area contributed by atoms with Crippen molar-refractivity contribution in [2.75, 3.05) is 19.6 Å². The van der Waals surface area contributed by atoms with E-state index in [-0.39, 0.29) is 18.3 Å². The Labute approximate surface area is 139 Å². The largest absolute Gasteiger partial charge is 0.351 e. The van der Waals surface area contributed by atoms with Crippen LogP contribution in [0, 0.1) is 0 Å². The lowest BCUT2D eigenvalue weighted by Crippen LogP contribution is -2.36. The van der Waals surface area contributed by atoms with Crippen LogP contribution in [0.3, 0.4) is 0 Å². The van der Waals surface area contributed by atoms with Crippen LogP contribution < -0.4 is 21.8 Å². The number of aromatic amines is 1. The van der Waals surface area contributed by atoms with E-state index < -0.39 is 11.1 Å². The van der Waals surface area contributed by atoms with Gasteiger partial charge in [0.2, 0.25) is 0 Å². The van der Waals surface area contributed by atoms with E-state index in [9.17, 15) is 14.4 Å². The molecule has 0 radical (unpaired) electrons. The van der Waals surface area contributed by atoms with Gasteiger partial charge >= 0.3 is 11.1 Å². The van der Waals surface area contributed by atoms with Crippen molar-refractivity contribution in [3.05, 3.63) is 44.5 Å². The molecule has 2 aromatic rings. The molecule has 23 heavy (non-hydrogen) atoms. The lowest BCUT2D eigenvalue weighted by Gasteiger charge is -2.09. The minimum Gasteiger partial charge on any atom is -0.351 e. The molecule has 1 amide bonds. The summed E-state index contributed by atoms with van der Waals surface area (Å²) in [5.74, 6) is -0.213. The van der Waals surface area contributed by atoms with Gasteiger partial charge in [0.1, 0.15) is 0 Å². The molecule has 0 unspecified atom stereocenters. The summed E-state index contributed by atoms with van der Waals surface area (Å²) in [5.41, 5.74) is 0.264. The van der Waals surface area contributed by atoms with Crippen molar-refractivity contribution in [2.24, 2.45) is 0 Å². The summed E-state index contributed by atoms with van der Waals surface area (Å²) in [5, 5.41) is 5.90. The van der Waals surface area contributed by atoms with Crippen LogP contribution in [0.1, 0.15) is 24.2 Å². The topological polar surface area (TPSA) is 96.0 Å². The van der Waals surface area contributed by atoms with Crippen LogP contribution in [0.2, 0.25) is 0 Å². The molecule has 3 N–H and O–H groups in total. The number of nitrogens with one attached hydrogen (secondary N) is 3. The van der Waals surface area contributed by atoms with Crippen molar-refractivity contribution >= 4 is 29.3 Å². The van der Waals surface area contributed by atoms with Crippen molar-refractivity contribution in [1.29, 1.82) is 0 Å². The number of rotatable bonds is 6. The summed E-state index contributed by atoms with van der Waals surface area (Å²) >= 11 is 0. The van der Waals surface area contributed by atoms with Crippen LogP contribution in [-0.4, -0.2) is 35.1 Å². The first-order chi connectivity index (χ1) is 10.6. The second-order valence-corrected chi connectivity index (χ2v) is 4.84. The normalized spacial score (nSPS) is 10.3. The van der Waals surface area contributed by atoms with Crippen LogP contribution in [0.15, 0.2) is 27.8 Å². The number of aryl methyl sites for hydroxylation is 1. The highest BCUT2D eigenvalue weighted by Crippen LogP contribution is 2.11. The van der Waals surface area contributed by atoms with Gasteiger partial charge in [0, 0.05) is 25.2 Å². The molecule has 0 saturated carbocycles. The highest BCUT2D eigenvalue weighted by molar-refractivity contribution is 5.97. The number of nitrogens with zero attached hydrogens (tertiary/aromatic N) is 1. The van der Waals surface area contributed by atoms with Crippen molar-refractivity contribution in [2.45, 2.75) is 20.4 Å². The first-order valence-corrected chi connectivity index (χ1v) is 7.34. The second kappa shape index (κ2) is 8.50. The molecule has 0 fully saturated rings. The Morgan fingerprint density at radius 2 is 1.96 bits per heavy atom. The van der Waals surface area contributed by atoms with Gasteiger partial charge < -0.3 is 20.2 Å². The molecule has 1 aromatic carbocycles. The Balaban J connectivity index is 0.00000264. The number of amides is 1. The molecule has 0 spiro atoms. The molecular weight excluding hydrogens is 320 g/mol. The van der Waals surface area contributed by atoms with E-state index in [1.165, 1.54) is 4.57 Å². The predicted octanol–water partition coefficient (Wildman–Crippen LogP) is 0.471. The number of H-pyrrole nitrogens is 1. The lowest BCUT2D eigenvalue weighted by molar-refractivity contribution is 0.0954. The zero-order chi connectivity index (χ0) is 16.1. The summed E-state index contributed by atoms with van der Waals surface area (Å²) in [6.45, 7) is 6.25. The molecule has 0 aliphatic heterocycles. The Kier molecular flexibility index (Phi) is 6.99. The fraction of sp³-hybridized carbons (Fsp3) is 0.400. The number of hydrogen-bond acceptors (Lipinski definition) is 4. The number of carbonyl (C=O) groups is 1. The van der Waals surface area contributed by atoms with Gasteiger partial charge in [-0.3, -0.25) is 14.4 Å². The van der Waals surface area contributed by atoms with Gasteiger partial charge in [0.15, 0.2) is 0 Å². The van der Waals surface area contributed by atoms with E-state index in [4.69, 9.17) is 0 Å². The first kappa shape index (κ1) is 18.9. The summed E-state index contributed by atoms with van der Waals surface area (Å²) in [4.78, 5) is 38.0. The Hall–Kier alpha value is -2.12. The third kappa shape index (κ3) is 4.20. The first-order valence-electron chi connectivity index (χ1n) is 7.34. The Bertz CT molecular complexity index is 797. The van der Waals surface area contributed by atoms with Crippen LogP contribution in [0.5, 0.6) is 0 Å². The minimum absolute atomic E-state index is 0. The predicted molar refractivity (Wildman–Crippen MR) is 92.6 cm³/mol. The SMILES string of the molecule is CCNCCNC(=O)c1ccc2c(c1)[nH]c(=O)c(=O)n2CC.Cl. The average Bonchev–Trinajstić information content (AvgIpc) is 2.52. The molecule has 0 atom stereocenters. The summed E-state index contributed by atoms with van der Waals surface area (Å²) in [6, 6.07) is 4.91. The van der Waals surface area contributed by atoms with Crippen molar-refractivity contribution in [3.63, 3.8) is 0 Å². The zero-order valence-corrected chi connectivity index (χ0v) is 14.0. The standard InChI is InChI=1S/C15H20N4O3.ClH/c1-3-16-7-8-17-13(20)10-5-6-12-11(9-10)18-14(21)15(22)19(12)4-2;/h5-6,9,16H,3-4,7-8H2,1-2H3,(H,17,20)(H,18,21);1H.